The number of carbonyl (C=O) groups excluding carboxylic acids is 2. The van der Waals surface area contributed by atoms with Crippen molar-refractivity contribution in [2.24, 2.45) is 5.92 Å². The van der Waals surface area contributed by atoms with E-state index in [1.165, 1.54) is 12.2 Å². The normalized spacial score (nSPS) is 21.0. The summed E-state index contributed by atoms with van der Waals surface area (Å²) < 4.78 is 0. The molecule has 13 heavy (non-hydrogen) atoms. The zero-order chi connectivity index (χ0) is 10.0. The molecular formula is C9H13NO3. The summed E-state index contributed by atoms with van der Waals surface area (Å²) in [7, 11) is 0. The van der Waals surface area contributed by atoms with Crippen molar-refractivity contribution < 1.29 is 14.7 Å². The zero-order valence-electron chi connectivity index (χ0n) is 7.73. The van der Waals surface area contributed by atoms with Crippen molar-refractivity contribution in [1.82, 2.24) is 4.90 Å². The molecule has 0 saturated carbocycles. The maximum atomic E-state index is 11.1. The van der Waals surface area contributed by atoms with Crippen molar-refractivity contribution in [3.8, 4) is 0 Å². The maximum absolute atomic E-state index is 11.1. The highest BCUT2D eigenvalue weighted by molar-refractivity contribution is 6.13. The fourth-order valence-electron chi connectivity index (χ4n) is 1.14. The van der Waals surface area contributed by atoms with E-state index in [1.807, 2.05) is 6.92 Å². The smallest absolute Gasteiger partial charge is 0.255 e. The lowest BCUT2D eigenvalue weighted by Crippen LogP contribution is -2.43. The number of carbonyl (C=O) groups is 2. The van der Waals surface area contributed by atoms with E-state index in [9.17, 15) is 14.7 Å². The molecule has 0 aromatic heterocycles. The van der Waals surface area contributed by atoms with Crippen molar-refractivity contribution >= 4 is 11.8 Å². The van der Waals surface area contributed by atoms with Gasteiger partial charge in [-0.2, -0.15) is 0 Å². The van der Waals surface area contributed by atoms with Gasteiger partial charge < -0.3 is 5.11 Å². The average molecular weight is 183 g/mol. The summed E-state index contributed by atoms with van der Waals surface area (Å²) >= 11 is 0. The van der Waals surface area contributed by atoms with Crippen LogP contribution in [0.4, 0.5) is 0 Å². The lowest BCUT2D eigenvalue weighted by atomic mass is 10.1. The summed E-state index contributed by atoms with van der Waals surface area (Å²) in [4.78, 5) is 23.1. The number of aliphatic hydroxyl groups excluding tert-OH is 1. The first-order chi connectivity index (χ1) is 6.07. The second-order valence-corrected chi connectivity index (χ2v) is 3.18. The molecule has 0 aromatic carbocycles. The summed E-state index contributed by atoms with van der Waals surface area (Å²) in [6.07, 6.45) is 2.07. The van der Waals surface area contributed by atoms with Crippen LogP contribution in [-0.2, 0) is 9.59 Å². The Morgan fingerprint density at radius 2 is 1.85 bits per heavy atom. The average Bonchev–Trinajstić information content (AvgIpc) is 2.44. The van der Waals surface area contributed by atoms with E-state index in [2.05, 4.69) is 0 Å². The third kappa shape index (κ3) is 1.78. The van der Waals surface area contributed by atoms with Crippen LogP contribution in [0.1, 0.15) is 20.3 Å². The van der Waals surface area contributed by atoms with Crippen molar-refractivity contribution in [1.29, 1.82) is 0 Å². The van der Waals surface area contributed by atoms with Crippen molar-refractivity contribution in [2.45, 2.75) is 26.5 Å². The van der Waals surface area contributed by atoms with Gasteiger partial charge in [0.2, 0.25) is 0 Å². The first-order valence-electron chi connectivity index (χ1n) is 4.31. The molecule has 1 rings (SSSR count). The molecule has 1 heterocycles. The Bertz CT molecular complexity index is 242. The van der Waals surface area contributed by atoms with Crippen molar-refractivity contribution in [3.05, 3.63) is 12.2 Å². The van der Waals surface area contributed by atoms with Crippen LogP contribution in [0.25, 0.3) is 0 Å². The van der Waals surface area contributed by atoms with Crippen LogP contribution in [0, 0.1) is 5.92 Å². The molecule has 1 N–H and O–H groups in total. The van der Waals surface area contributed by atoms with Crippen LogP contribution in [0.3, 0.4) is 0 Å². The van der Waals surface area contributed by atoms with E-state index in [0.29, 0.717) is 0 Å². The van der Waals surface area contributed by atoms with Gasteiger partial charge in [-0.25, -0.2) is 4.90 Å². The number of imide groups is 1. The van der Waals surface area contributed by atoms with E-state index in [1.54, 1.807) is 6.92 Å². The number of hydrogen-bond acceptors (Lipinski definition) is 3. The highest BCUT2D eigenvalue weighted by Gasteiger charge is 2.32. The van der Waals surface area contributed by atoms with E-state index in [0.717, 1.165) is 11.3 Å². The molecule has 0 spiro atoms. The Morgan fingerprint density at radius 1 is 1.38 bits per heavy atom. The molecule has 72 valence electrons. The van der Waals surface area contributed by atoms with Gasteiger partial charge in [0.05, 0.1) is 0 Å². The Labute approximate surface area is 76.8 Å². The molecule has 2 amide bonds. The van der Waals surface area contributed by atoms with Gasteiger partial charge in [-0.15, -0.1) is 0 Å². The fourth-order valence-corrected chi connectivity index (χ4v) is 1.14. The van der Waals surface area contributed by atoms with Gasteiger partial charge in [0.1, 0.15) is 6.23 Å². The van der Waals surface area contributed by atoms with Gasteiger partial charge in [-0.3, -0.25) is 9.59 Å². The molecule has 0 saturated heterocycles. The van der Waals surface area contributed by atoms with Crippen LogP contribution in [-0.4, -0.2) is 28.0 Å². The van der Waals surface area contributed by atoms with Crippen molar-refractivity contribution in [3.63, 3.8) is 0 Å². The zero-order valence-corrected chi connectivity index (χ0v) is 7.73. The molecule has 0 aliphatic carbocycles. The minimum Gasteiger partial charge on any atom is -0.373 e. The third-order valence-electron chi connectivity index (χ3n) is 2.26. The molecule has 2 atom stereocenters. The summed E-state index contributed by atoms with van der Waals surface area (Å²) in [6.45, 7) is 3.69. The van der Waals surface area contributed by atoms with Gasteiger partial charge in [-0.1, -0.05) is 13.8 Å². The predicted molar refractivity (Wildman–Crippen MR) is 46.5 cm³/mol. The molecule has 0 radical (unpaired) electrons. The van der Waals surface area contributed by atoms with Crippen molar-refractivity contribution in [2.75, 3.05) is 0 Å². The van der Waals surface area contributed by atoms with Crippen LogP contribution >= 0.6 is 0 Å². The lowest BCUT2D eigenvalue weighted by Gasteiger charge is -2.25. The fraction of sp³-hybridized carbons (Fsp3) is 0.556. The topological polar surface area (TPSA) is 57.6 Å². The number of aliphatic hydroxyl groups is 1. The molecule has 4 heteroatoms. The van der Waals surface area contributed by atoms with Crippen LogP contribution < -0.4 is 0 Å². The predicted octanol–water partition coefficient (Wildman–Crippen LogP) is 0.276. The molecule has 4 nitrogen and oxygen atoms in total. The summed E-state index contributed by atoms with van der Waals surface area (Å²) in [5.41, 5.74) is 0. The monoisotopic (exact) mass is 183 g/mol. The highest BCUT2D eigenvalue weighted by Crippen LogP contribution is 2.16. The van der Waals surface area contributed by atoms with Gasteiger partial charge in [0.15, 0.2) is 0 Å². The number of nitrogens with zero attached hydrogens (tertiary/aromatic N) is 1. The summed E-state index contributed by atoms with van der Waals surface area (Å²) in [5, 5.41) is 9.60. The molecule has 2 unspecified atom stereocenters. The van der Waals surface area contributed by atoms with E-state index in [-0.39, 0.29) is 5.92 Å². The quantitative estimate of drug-likeness (QED) is 0.639. The van der Waals surface area contributed by atoms with Crippen LogP contribution in [0.15, 0.2) is 12.2 Å². The Kier molecular flexibility index (Phi) is 2.83. The summed E-state index contributed by atoms with van der Waals surface area (Å²) in [5.74, 6) is -0.955. The first-order valence-corrected chi connectivity index (χ1v) is 4.31. The SMILES string of the molecule is CCC(C)C(O)N1C(=O)C=CC1=O. The Morgan fingerprint density at radius 3 is 2.23 bits per heavy atom. The van der Waals surface area contributed by atoms with Gasteiger partial charge >= 0.3 is 0 Å². The molecule has 1 aliphatic rings. The van der Waals surface area contributed by atoms with Crippen LogP contribution in [0.5, 0.6) is 0 Å². The molecule has 0 fully saturated rings. The second-order valence-electron chi connectivity index (χ2n) is 3.18. The molecule has 1 aliphatic heterocycles. The van der Waals surface area contributed by atoms with Gasteiger partial charge in [0, 0.05) is 18.1 Å². The first kappa shape index (κ1) is 9.92. The maximum Gasteiger partial charge on any atom is 0.255 e. The minimum absolute atomic E-state index is 0.0900. The third-order valence-corrected chi connectivity index (χ3v) is 2.26. The number of amides is 2. The Hall–Kier alpha value is -1.16. The molecule has 0 bridgehead atoms. The van der Waals surface area contributed by atoms with E-state index in [4.69, 9.17) is 0 Å². The van der Waals surface area contributed by atoms with E-state index >= 15 is 0 Å². The van der Waals surface area contributed by atoms with Crippen LogP contribution in [0.2, 0.25) is 0 Å². The lowest BCUT2D eigenvalue weighted by molar-refractivity contribution is -0.151. The number of hydrogen-bond donors (Lipinski definition) is 1. The minimum atomic E-state index is -1.00. The van der Waals surface area contributed by atoms with Gasteiger partial charge in [0.25, 0.3) is 11.8 Å². The molecular weight excluding hydrogens is 170 g/mol. The molecule has 0 aromatic rings. The van der Waals surface area contributed by atoms with E-state index < -0.39 is 18.0 Å². The Balaban J connectivity index is 2.72. The standard InChI is InChI=1S/C9H13NO3/c1-3-6(2)9(13)10-7(11)4-5-8(10)12/h4-6,9,13H,3H2,1-2H3. The summed E-state index contributed by atoms with van der Waals surface area (Å²) in [6, 6.07) is 0. The van der Waals surface area contributed by atoms with Gasteiger partial charge in [-0.05, 0) is 6.42 Å². The largest absolute Gasteiger partial charge is 0.373 e. The number of rotatable bonds is 3. The second kappa shape index (κ2) is 3.70. The highest BCUT2D eigenvalue weighted by atomic mass is 16.3.